The normalized spacial score (nSPS) is 36.7. The van der Waals surface area contributed by atoms with Gasteiger partial charge in [-0.1, -0.05) is 0 Å². The van der Waals surface area contributed by atoms with Crippen LogP contribution in [-0.2, 0) is 4.79 Å². The minimum atomic E-state index is -0.713. The number of carboxylic acids is 1. The first kappa shape index (κ1) is 11.2. The molecule has 1 aliphatic heterocycles. The van der Waals surface area contributed by atoms with E-state index in [1.54, 1.807) is 0 Å². The van der Waals surface area contributed by atoms with Gasteiger partial charge >= 0.3 is 12.0 Å². The Balaban J connectivity index is 1.69. The molecule has 1 heterocycles. The Bertz CT molecular complexity index is 306. The summed E-state index contributed by atoms with van der Waals surface area (Å²) in [5.41, 5.74) is 0. The molecule has 2 rings (SSSR count). The predicted molar refractivity (Wildman–Crippen MR) is 58.0 cm³/mol. The zero-order valence-electron chi connectivity index (χ0n) is 9.40. The Labute approximate surface area is 94.6 Å². The van der Waals surface area contributed by atoms with Gasteiger partial charge in [0.2, 0.25) is 0 Å². The largest absolute Gasteiger partial charge is 0.481 e. The van der Waals surface area contributed by atoms with Gasteiger partial charge in [0, 0.05) is 12.5 Å². The van der Waals surface area contributed by atoms with Crippen LogP contribution in [0.5, 0.6) is 0 Å². The van der Waals surface area contributed by atoms with Gasteiger partial charge in [-0.05, 0) is 38.0 Å². The van der Waals surface area contributed by atoms with Gasteiger partial charge in [0.05, 0.1) is 6.04 Å². The predicted octanol–water partition coefficient (Wildman–Crippen LogP) is 0.947. The number of nitrogens with one attached hydrogen (secondary N) is 2. The Hall–Kier alpha value is -1.26. The van der Waals surface area contributed by atoms with E-state index in [-0.39, 0.29) is 24.5 Å². The van der Waals surface area contributed by atoms with Crippen LogP contribution in [0.4, 0.5) is 4.79 Å². The van der Waals surface area contributed by atoms with Crippen molar-refractivity contribution in [2.75, 3.05) is 0 Å². The summed E-state index contributed by atoms with van der Waals surface area (Å²) >= 11 is 0. The van der Waals surface area contributed by atoms with Crippen LogP contribution in [-0.4, -0.2) is 29.2 Å². The molecule has 5 nitrogen and oxygen atoms in total. The van der Waals surface area contributed by atoms with Gasteiger partial charge in [0.1, 0.15) is 0 Å². The maximum absolute atomic E-state index is 11.1. The second kappa shape index (κ2) is 4.31. The van der Waals surface area contributed by atoms with Crippen molar-refractivity contribution in [1.82, 2.24) is 10.6 Å². The average Bonchev–Trinajstić information content (AvgIpc) is 2.84. The Kier molecular flexibility index (Phi) is 3.03. The standard InChI is InChI=1S/C11H18N2O3/c1-6-9(13-11(16)12-6)5-8-4-7(8)2-3-10(14)15/h6-9H,2-5H2,1H3,(H,14,15)(H2,12,13,16)/t6-,7-,8+,9+/m0/s1. The quantitative estimate of drug-likeness (QED) is 0.653. The number of amides is 2. The third-order valence-corrected chi connectivity index (χ3v) is 3.63. The molecule has 1 saturated heterocycles. The van der Waals surface area contributed by atoms with Crippen molar-refractivity contribution in [1.29, 1.82) is 0 Å². The third kappa shape index (κ3) is 2.65. The van der Waals surface area contributed by atoms with Crippen LogP contribution in [0.15, 0.2) is 0 Å². The number of urea groups is 1. The fraction of sp³-hybridized carbons (Fsp3) is 0.818. The van der Waals surface area contributed by atoms with E-state index in [0.29, 0.717) is 11.8 Å². The van der Waals surface area contributed by atoms with Crippen LogP contribution in [0.3, 0.4) is 0 Å². The smallest absolute Gasteiger partial charge is 0.315 e. The van der Waals surface area contributed by atoms with Gasteiger partial charge in [-0.2, -0.15) is 0 Å². The summed E-state index contributed by atoms with van der Waals surface area (Å²) in [6.07, 6.45) is 3.14. The van der Waals surface area contributed by atoms with E-state index in [1.807, 2.05) is 6.92 Å². The van der Waals surface area contributed by atoms with Crippen molar-refractivity contribution in [3.63, 3.8) is 0 Å². The van der Waals surface area contributed by atoms with E-state index in [4.69, 9.17) is 5.11 Å². The molecule has 0 bridgehead atoms. The van der Waals surface area contributed by atoms with Crippen LogP contribution >= 0.6 is 0 Å². The summed E-state index contributed by atoms with van der Waals surface area (Å²) in [6, 6.07) is 0.320. The van der Waals surface area contributed by atoms with Crippen molar-refractivity contribution >= 4 is 12.0 Å². The van der Waals surface area contributed by atoms with Gasteiger partial charge in [0.25, 0.3) is 0 Å². The molecule has 16 heavy (non-hydrogen) atoms. The van der Waals surface area contributed by atoms with Crippen LogP contribution in [0.25, 0.3) is 0 Å². The summed E-state index contributed by atoms with van der Waals surface area (Å²) in [5, 5.41) is 14.3. The van der Waals surface area contributed by atoms with Crippen molar-refractivity contribution in [3.05, 3.63) is 0 Å². The zero-order chi connectivity index (χ0) is 11.7. The van der Waals surface area contributed by atoms with Crippen molar-refractivity contribution in [3.8, 4) is 0 Å². The van der Waals surface area contributed by atoms with Gasteiger partial charge in [-0.25, -0.2) is 4.79 Å². The molecule has 90 valence electrons. The van der Waals surface area contributed by atoms with Crippen molar-refractivity contribution < 1.29 is 14.7 Å². The van der Waals surface area contributed by atoms with Crippen LogP contribution in [0.2, 0.25) is 0 Å². The van der Waals surface area contributed by atoms with Gasteiger partial charge in [-0.15, -0.1) is 0 Å². The van der Waals surface area contributed by atoms with E-state index < -0.39 is 5.97 Å². The fourth-order valence-electron chi connectivity index (χ4n) is 2.49. The fourth-order valence-corrected chi connectivity index (χ4v) is 2.49. The molecule has 1 aliphatic carbocycles. The second-order valence-electron chi connectivity index (χ2n) is 4.94. The lowest BCUT2D eigenvalue weighted by molar-refractivity contribution is -0.137. The average molecular weight is 226 g/mol. The van der Waals surface area contributed by atoms with Gasteiger partial charge in [-0.3, -0.25) is 4.79 Å². The molecule has 2 fully saturated rings. The molecule has 5 heteroatoms. The Morgan fingerprint density at radius 2 is 2.19 bits per heavy atom. The molecule has 0 spiro atoms. The van der Waals surface area contributed by atoms with Gasteiger partial charge in [0.15, 0.2) is 0 Å². The number of carbonyl (C=O) groups excluding carboxylic acids is 1. The van der Waals surface area contributed by atoms with E-state index in [0.717, 1.165) is 19.3 Å². The summed E-state index contributed by atoms with van der Waals surface area (Å²) < 4.78 is 0. The Morgan fingerprint density at radius 1 is 1.44 bits per heavy atom. The van der Waals surface area contributed by atoms with Crippen LogP contribution in [0.1, 0.15) is 32.6 Å². The molecule has 0 aromatic carbocycles. The molecule has 3 N–H and O–H groups in total. The van der Waals surface area contributed by atoms with Gasteiger partial charge < -0.3 is 15.7 Å². The first-order chi connectivity index (χ1) is 7.56. The first-order valence-electron chi connectivity index (χ1n) is 5.85. The number of hydrogen-bond acceptors (Lipinski definition) is 2. The maximum Gasteiger partial charge on any atom is 0.315 e. The van der Waals surface area contributed by atoms with Crippen molar-refractivity contribution in [2.45, 2.75) is 44.7 Å². The molecule has 1 saturated carbocycles. The topological polar surface area (TPSA) is 78.4 Å². The number of rotatable bonds is 5. The van der Waals surface area contributed by atoms with E-state index >= 15 is 0 Å². The molecule has 0 radical (unpaired) electrons. The number of aliphatic carboxylic acids is 1. The molecule has 4 atom stereocenters. The molecule has 0 aromatic rings. The Morgan fingerprint density at radius 3 is 2.75 bits per heavy atom. The lowest BCUT2D eigenvalue weighted by atomic mass is 10.0. The minimum absolute atomic E-state index is 0.0831. The number of carboxylic acid groups (broad SMARTS) is 1. The zero-order valence-corrected chi connectivity index (χ0v) is 9.40. The molecule has 0 unspecified atom stereocenters. The summed E-state index contributed by atoms with van der Waals surface area (Å²) in [7, 11) is 0. The van der Waals surface area contributed by atoms with Crippen LogP contribution in [0, 0.1) is 11.8 Å². The first-order valence-corrected chi connectivity index (χ1v) is 5.85. The van der Waals surface area contributed by atoms with E-state index in [9.17, 15) is 9.59 Å². The molecular weight excluding hydrogens is 208 g/mol. The van der Waals surface area contributed by atoms with E-state index in [2.05, 4.69) is 10.6 Å². The van der Waals surface area contributed by atoms with E-state index in [1.165, 1.54) is 0 Å². The number of carbonyl (C=O) groups is 2. The highest BCUT2D eigenvalue weighted by Crippen LogP contribution is 2.45. The monoisotopic (exact) mass is 226 g/mol. The summed E-state index contributed by atoms with van der Waals surface area (Å²) in [4.78, 5) is 21.5. The molecule has 0 aromatic heterocycles. The third-order valence-electron chi connectivity index (χ3n) is 3.63. The second-order valence-corrected chi connectivity index (χ2v) is 4.94. The van der Waals surface area contributed by atoms with Crippen molar-refractivity contribution in [2.24, 2.45) is 11.8 Å². The SMILES string of the molecule is C[C@@H]1NC(=O)N[C@@H]1C[C@H]1C[C@@H]1CCC(=O)O. The molecular formula is C11H18N2O3. The number of hydrogen-bond donors (Lipinski definition) is 3. The summed E-state index contributed by atoms with van der Waals surface area (Å²) in [5.74, 6) is 0.447. The summed E-state index contributed by atoms with van der Waals surface area (Å²) in [6.45, 7) is 2.00. The highest BCUT2D eigenvalue weighted by molar-refractivity contribution is 5.77. The van der Waals surface area contributed by atoms with Crippen LogP contribution < -0.4 is 10.6 Å². The lowest BCUT2D eigenvalue weighted by Crippen LogP contribution is -2.31. The minimum Gasteiger partial charge on any atom is -0.481 e. The molecule has 2 aliphatic rings. The highest BCUT2D eigenvalue weighted by Gasteiger charge is 2.41. The lowest BCUT2D eigenvalue weighted by Gasteiger charge is -2.13. The highest BCUT2D eigenvalue weighted by atomic mass is 16.4. The maximum atomic E-state index is 11.1. The molecule has 2 amide bonds.